The van der Waals surface area contributed by atoms with Crippen LogP contribution in [-0.2, 0) is 4.74 Å². The zero-order chi connectivity index (χ0) is 18.2. The molecule has 0 atom stereocenters. The summed E-state index contributed by atoms with van der Waals surface area (Å²) in [5.41, 5.74) is 6.56. The highest BCUT2D eigenvalue weighted by Gasteiger charge is 2.13. The highest BCUT2D eigenvalue weighted by Crippen LogP contribution is 2.16. The number of carbonyl (C=O) groups excluding carboxylic acids is 3. The maximum absolute atomic E-state index is 12.0. The van der Waals surface area contributed by atoms with Gasteiger partial charge in [0.2, 0.25) is 0 Å². The summed E-state index contributed by atoms with van der Waals surface area (Å²) in [6.45, 7) is 1.87. The molecule has 2 rings (SSSR count). The van der Waals surface area contributed by atoms with Gasteiger partial charge in [0.15, 0.2) is 0 Å². The lowest BCUT2D eigenvalue weighted by Gasteiger charge is -2.09. The predicted molar refractivity (Wildman–Crippen MR) is 91.4 cm³/mol. The van der Waals surface area contributed by atoms with Gasteiger partial charge in [-0.25, -0.2) is 9.59 Å². The van der Waals surface area contributed by atoms with Crippen LogP contribution in [-0.4, -0.2) is 24.7 Å². The third-order valence-electron chi connectivity index (χ3n) is 3.01. The van der Waals surface area contributed by atoms with E-state index >= 15 is 0 Å². The number of benzene rings is 2. The summed E-state index contributed by atoms with van der Waals surface area (Å²) >= 11 is 0. The Labute approximate surface area is 143 Å². The number of rotatable bonds is 4. The van der Waals surface area contributed by atoms with Gasteiger partial charge in [-0.1, -0.05) is 12.1 Å². The minimum Gasteiger partial charge on any atom is -0.434 e. The molecule has 2 aromatic carbocycles. The van der Waals surface area contributed by atoms with Gasteiger partial charge in [-0.15, -0.1) is 0 Å². The second-order valence-electron chi connectivity index (χ2n) is 4.80. The molecule has 0 unspecified atom stereocenters. The van der Waals surface area contributed by atoms with Crippen LogP contribution in [0.3, 0.4) is 0 Å². The fraction of sp³-hybridized carbons (Fsp3) is 0.118. The van der Waals surface area contributed by atoms with Crippen molar-refractivity contribution in [3.8, 4) is 5.75 Å². The molecule has 0 fully saturated rings. The topological polar surface area (TPSA) is 120 Å². The zero-order valence-electron chi connectivity index (χ0n) is 13.4. The maximum atomic E-state index is 12.0. The van der Waals surface area contributed by atoms with Crippen LogP contribution in [0.1, 0.15) is 17.3 Å². The van der Waals surface area contributed by atoms with E-state index in [1.165, 1.54) is 30.3 Å². The minimum absolute atomic E-state index is 0.204. The Hall–Kier alpha value is -3.55. The Balaban J connectivity index is 1.91. The van der Waals surface area contributed by atoms with E-state index < -0.39 is 18.1 Å². The molecule has 3 amide bonds. The van der Waals surface area contributed by atoms with Crippen molar-refractivity contribution in [3.05, 3.63) is 54.1 Å². The molecule has 25 heavy (non-hydrogen) atoms. The number of para-hydroxylation sites is 1. The van der Waals surface area contributed by atoms with Crippen LogP contribution in [0.2, 0.25) is 0 Å². The standard InChI is InChI=1S/C17H17N3O5/c1-2-24-17(23)25-12-9-7-11(8-10-12)19-16(22)20-15(21)13-5-3-4-6-14(13)18/h3-10H,2,18H2,1H3,(H2,19,20,21,22). The molecule has 0 aliphatic rings. The van der Waals surface area contributed by atoms with Gasteiger partial charge in [0, 0.05) is 11.4 Å². The van der Waals surface area contributed by atoms with Gasteiger partial charge in [-0.3, -0.25) is 10.1 Å². The highest BCUT2D eigenvalue weighted by atomic mass is 16.7. The Morgan fingerprint density at radius 1 is 1.04 bits per heavy atom. The molecule has 0 bridgehead atoms. The van der Waals surface area contributed by atoms with Crippen LogP contribution in [0.25, 0.3) is 0 Å². The predicted octanol–water partition coefficient (Wildman–Crippen LogP) is 2.77. The van der Waals surface area contributed by atoms with Crippen LogP contribution in [0.15, 0.2) is 48.5 Å². The number of nitrogen functional groups attached to an aromatic ring is 1. The average molecular weight is 343 g/mol. The van der Waals surface area contributed by atoms with E-state index in [9.17, 15) is 14.4 Å². The first-order valence-electron chi connectivity index (χ1n) is 7.41. The van der Waals surface area contributed by atoms with Gasteiger partial charge in [-0.05, 0) is 43.3 Å². The fourth-order valence-corrected chi connectivity index (χ4v) is 1.89. The van der Waals surface area contributed by atoms with Gasteiger partial charge in [0.25, 0.3) is 5.91 Å². The van der Waals surface area contributed by atoms with Crippen molar-refractivity contribution in [2.75, 3.05) is 17.7 Å². The zero-order valence-corrected chi connectivity index (χ0v) is 13.4. The second kappa shape index (κ2) is 8.34. The van der Waals surface area contributed by atoms with Crippen molar-refractivity contribution < 1.29 is 23.9 Å². The first kappa shape index (κ1) is 17.8. The van der Waals surface area contributed by atoms with E-state index in [1.807, 2.05) is 0 Å². The molecule has 0 aromatic heterocycles. The summed E-state index contributed by atoms with van der Waals surface area (Å²) in [4.78, 5) is 35.0. The molecule has 0 radical (unpaired) electrons. The maximum Gasteiger partial charge on any atom is 0.513 e. The number of hydrogen-bond donors (Lipinski definition) is 3. The average Bonchev–Trinajstić information content (AvgIpc) is 2.57. The lowest BCUT2D eigenvalue weighted by molar-refractivity contribution is 0.0966. The van der Waals surface area contributed by atoms with Gasteiger partial charge < -0.3 is 20.5 Å². The molecule has 0 heterocycles. The monoisotopic (exact) mass is 343 g/mol. The molecular formula is C17H17N3O5. The number of nitrogens with one attached hydrogen (secondary N) is 2. The molecule has 0 saturated carbocycles. The van der Waals surface area contributed by atoms with E-state index in [4.69, 9.17) is 10.5 Å². The van der Waals surface area contributed by atoms with Crippen LogP contribution in [0, 0.1) is 0 Å². The molecule has 0 aliphatic heterocycles. The highest BCUT2D eigenvalue weighted by molar-refractivity contribution is 6.10. The van der Waals surface area contributed by atoms with Gasteiger partial charge in [0.1, 0.15) is 5.75 Å². The van der Waals surface area contributed by atoms with Crippen LogP contribution >= 0.6 is 0 Å². The number of ether oxygens (including phenoxy) is 2. The summed E-state index contributed by atoms with van der Waals surface area (Å²) in [5.74, 6) is -0.351. The van der Waals surface area contributed by atoms with Crippen molar-refractivity contribution in [2.24, 2.45) is 0 Å². The Morgan fingerprint density at radius 2 is 1.72 bits per heavy atom. The number of anilines is 2. The van der Waals surface area contributed by atoms with E-state index in [1.54, 1.807) is 25.1 Å². The Kier molecular flexibility index (Phi) is 5.94. The number of urea groups is 1. The Morgan fingerprint density at radius 3 is 2.36 bits per heavy atom. The second-order valence-corrected chi connectivity index (χ2v) is 4.80. The first-order valence-corrected chi connectivity index (χ1v) is 7.41. The number of amides is 3. The number of hydrogen-bond acceptors (Lipinski definition) is 6. The van der Waals surface area contributed by atoms with Crippen LogP contribution in [0.4, 0.5) is 21.0 Å². The number of nitrogens with two attached hydrogens (primary N) is 1. The van der Waals surface area contributed by atoms with Crippen LogP contribution < -0.4 is 21.1 Å². The molecule has 0 saturated heterocycles. The summed E-state index contributed by atoms with van der Waals surface area (Å²) in [5, 5.41) is 4.66. The molecule has 2 aromatic rings. The SMILES string of the molecule is CCOC(=O)Oc1ccc(NC(=O)NC(=O)c2ccccc2N)cc1. The third kappa shape index (κ3) is 5.24. The molecule has 4 N–H and O–H groups in total. The van der Waals surface area contributed by atoms with E-state index in [-0.39, 0.29) is 23.6 Å². The van der Waals surface area contributed by atoms with E-state index in [2.05, 4.69) is 15.4 Å². The van der Waals surface area contributed by atoms with E-state index in [0.29, 0.717) is 5.69 Å². The third-order valence-corrected chi connectivity index (χ3v) is 3.01. The van der Waals surface area contributed by atoms with Gasteiger partial charge in [0.05, 0.1) is 12.2 Å². The van der Waals surface area contributed by atoms with Crippen molar-refractivity contribution in [2.45, 2.75) is 6.92 Å². The minimum atomic E-state index is -0.813. The lowest BCUT2D eigenvalue weighted by atomic mass is 10.2. The van der Waals surface area contributed by atoms with Gasteiger partial charge >= 0.3 is 12.2 Å². The summed E-state index contributed by atoms with van der Waals surface area (Å²) < 4.78 is 9.54. The van der Waals surface area contributed by atoms with Crippen molar-refractivity contribution >= 4 is 29.5 Å². The molecule has 130 valence electrons. The first-order chi connectivity index (χ1) is 12.0. The number of carbonyl (C=O) groups is 3. The smallest absolute Gasteiger partial charge is 0.434 e. The molecule has 8 nitrogen and oxygen atoms in total. The summed E-state index contributed by atoms with van der Waals surface area (Å²) in [6.07, 6.45) is -0.813. The molecule has 0 aliphatic carbocycles. The molecule has 8 heteroatoms. The molecular weight excluding hydrogens is 326 g/mol. The summed E-state index contributed by atoms with van der Waals surface area (Å²) in [6, 6.07) is 11.7. The fourth-order valence-electron chi connectivity index (χ4n) is 1.89. The largest absolute Gasteiger partial charge is 0.513 e. The van der Waals surface area contributed by atoms with Crippen molar-refractivity contribution in [3.63, 3.8) is 0 Å². The summed E-state index contributed by atoms with van der Waals surface area (Å²) in [7, 11) is 0. The molecule has 0 spiro atoms. The van der Waals surface area contributed by atoms with E-state index in [0.717, 1.165) is 0 Å². The lowest BCUT2D eigenvalue weighted by Crippen LogP contribution is -2.34. The Bertz CT molecular complexity index is 774. The quantitative estimate of drug-likeness (QED) is 0.446. The van der Waals surface area contributed by atoms with Gasteiger partial charge in [-0.2, -0.15) is 0 Å². The van der Waals surface area contributed by atoms with Crippen molar-refractivity contribution in [1.82, 2.24) is 5.32 Å². The van der Waals surface area contributed by atoms with Crippen LogP contribution in [0.5, 0.6) is 5.75 Å². The number of imide groups is 1. The van der Waals surface area contributed by atoms with Crippen molar-refractivity contribution in [1.29, 1.82) is 0 Å². The normalized spacial score (nSPS) is 9.80.